The highest BCUT2D eigenvalue weighted by Crippen LogP contribution is 2.16. The maximum absolute atomic E-state index is 11.0. The first-order valence-corrected chi connectivity index (χ1v) is 5.48. The molecule has 0 bridgehead atoms. The minimum atomic E-state index is -0.994. The van der Waals surface area contributed by atoms with Gasteiger partial charge in [0.05, 0.1) is 17.9 Å². The van der Waals surface area contributed by atoms with Gasteiger partial charge < -0.3 is 10.4 Å². The number of hydrogen-bond donors (Lipinski definition) is 2. The fourth-order valence-electron chi connectivity index (χ4n) is 1.62. The van der Waals surface area contributed by atoms with E-state index in [9.17, 15) is 4.79 Å². The fraction of sp³-hybridized carbons (Fsp3) is 0.250. The number of rotatable bonds is 4. The Morgan fingerprint density at radius 3 is 2.94 bits per heavy atom. The van der Waals surface area contributed by atoms with Crippen molar-refractivity contribution in [2.45, 2.75) is 13.5 Å². The van der Waals surface area contributed by atoms with Crippen molar-refractivity contribution in [1.29, 1.82) is 0 Å². The number of aromatic nitrogens is 3. The Morgan fingerprint density at radius 1 is 1.56 bits per heavy atom. The molecule has 0 aromatic carbocycles. The third-order valence-corrected chi connectivity index (χ3v) is 2.50. The number of anilines is 1. The molecule has 0 saturated carbocycles. The molecule has 0 saturated heterocycles. The van der Waals surface area contributed by atoms with Crippen LogP contribution in [0.25, 0.3) is 0 Å². The van der Waals surface area contributed by atoms with Crippen LogP contribution >= 0.6 is 0 Å². The molecule has 2 N–H and O–H groups in total. The number of hydrogen-bond acceptors (Lipinski definition) is 4. The fourth-order valence-corrected chi connectivity index (χ4v) is 1.62. The summed E-state index contributed by atoms with van der Waals surface area (Å²) in [5.74, 6) is -0.994. The Labute approximate surface area is 104 Å². The molecule has 2 rings (SSSR count). The van der Waals surface area contributed by atoms with E-state index >= 15 is 0 Å². The number of aromatic carboxylic acids is 1. The van der Waals surface area contributed by atoms with E-state index < -0.39 is 5.97 Å². The molecular weight excluding hydrogens is 232 g/mol. The van der Waals surface area contributed by atoms with Crippen molar-refractivity contribution in [1.82, 2.24) is 14.8 Å². The lowest BCUT2D eigenvalue weighted by Crippen LogP contribution is -2.08. The molecule has 94 valence electrons. The first-order valence-electron chi connectivity index (χ1n) is 5.48. The summed E-state index contributed by atoms with van der Waals surface area (Å²) in [6.45, 7) is 2.29. The van der Waals surface area contributed by atoms with Gasteiger partial charge in [0.2, 0.25) is 0 Å². The van der Waals surface area contributed by atoms with Crippen molar-refractivity contribution >= 4 is 11.7 Å². The summed E-state index contributed by atoms with van der Waals surface area (Å²) in [6.07, 6.45) is 3.20. The van der Waals surface area contributed by atoms with E-state index in [0.717, 1.165) is 11.4 Å². The summed E-state index contributed by atoms with van der Waals surface area (Å²) in [5.41, 5.74) is 2.34. The number of nitrogens with zero attached hydrogens (tertiary/aromatic N) is 3. The monoisotopic (exact) mass is 246 g/mol. The molecule has 2 aromatic rings. The van der Waals surface area contributed by atoms with Gasteiger partial charge in [-0.3, -0.25) is 9.67 Å². The Hall–Kier alpha value is -2.37. The Balaban J connectivity index is 2.17. The minimum Gasteiger partial charge on any atom is -0.478 e. The van der Waals surface area contributed by atoms with Crippen molar-refractivity contribution in [2.24, 2.45) is 7.05 Å². The van der Waals surface area contributed by atoms with Crippen LogP contribution in [0.5, 0.6) is 0 Å². The van der Waals surface area contributed by atoms with Gasteiger partial charge in [0.1, 0.15) is 5.56 Å². The summed E-state index contributed by atoms with van der Waals surface area (Å²) in [5, 5.41) is 16.3. The summed E-state index contributed by atoms with van der Waals surface area (Å²) in [7, 11) is 1.84. The minimum absolute atomic E-state index is 0.163. The summed E-state index contributed by atoms with van der Waals surface area (Å²) >= 11 is 0. The molecule has 0 aliphatic heterocycles. The van der Waals surface area contributed by atoms with E-state index in [-0.39, 0.29) is 5.56 Å². The van der Waals surface area contributed by atoms with Crippen LogP contribution in [0.15, 0.2) is 24.5 Å². The van der Waals surface area contributed by atoms with E-state index in [2.05, 4.69) is 15.4 Å². The standard InChI is InChI=1S/C12H14N4O2/c1-8-5-11(10(7-13-8)12(17)18)14-6-9-3-4-16(2)15-9/h3-5,7H,6H2,1-2H3,(H,13,14)(H,17,18). The molecule has 0 aliphatic rings. The highest BCUT2D eigenvalue weighted by Gasteiger charge is 2.10. The van der Waals surface area contributed by atoms with Gasteiger partial charge in [0.15, 0.2) is 0 Å². The van der Waals surface area contributed by atoms with Gasteiger partial charge in [-0.2, -0.15) is 5.10 Å². The SMILES string of the molecule is Cc1cc(NCc2ccn(C)n2)c(C(=O)O)cn1. The first-order chi connectivity index (χ1) is 8.56. The van der Waals surface area contributed by atoms with Crippen molar-refractivity contribution < 1.29 is 9.90 Å². The van der Waals surface area contributed by atoms with Crippen LogP contribution in [0, 0.1) is 6.92 Å². The van der Waals surface area contributed by atoms with Crippen molar-refractivity contribution in [3.05, 3.63) is 41.5 Å². The lowest BCUT2D eigenvalue weighted by Gasteiger charge is -2.08. The summed E-state index contributed by atoms with van der Waals surface area (Å²) < 4.78 is 1.70. The molecule has 0 radical (unpaired) electrons. The van der Waals surface area contributed by atoms with Crippen LogP contribution in [-0.2, 0) is 13.6 Å². The van der Waals surface area contributed by atoms with E-state index in [4.69, 9.17) is 5.11 Å². The van der Waals surface area contributed by atoms with Gasteiger partial charge in [0, 0.05) is 25.1 Å². The molecule has 6 heteroatoms. The molecule has 0 amide bonds. The Kier molecular flexibility index (Phi) is 3.27. The van der Waals surface area contributed by atoms with Crippen LogP contribution in [0.3, 0.4) is 0 Å². The third-order valence-electron chi connectivity index (χ3n) is 2.50. The molecule has 0 fully saturated rings. The van der Waals surface area contributed by atoms with Gasteiger partial charge >= 0.3 is 5.97 Å². The quantitative estimate of drug-likeness (QED) is 0.853. The second-order valence-electron chi connectivity index (χ2n) is 4.01. The number of carboxylic acids is 1. The lowest BCUT2D eigenvalue weighted by molar-refractivity contribution is 0.0697. The molecule has 0 unspecified atom stereocenters. The largest absolute Gasteiger partial charge is 0.478 e. The number of pyridine rings is 1. The van der Waals surface area contributed by atoms with Crippen LogP contribution in [-0.4, -0.2) is 25.8 Å². The van der Waals surface area contributed by atoms with Gasteiger partial charge in [0.25, 0.3) is 0 Å². The molecule has 2 aromatic heterocycles. The summed E-state index contributed by atoms with van der Waals surface area (Å²) in [6, 6.07) is 3.59. The predicted molar refractivity (Wildman–Crippen MR) is 66.5 cm³/mol. The third kappa shape index (κ3) is 2.65. The molecule has 6 nitrogen and oxygen atoms in total. The second-order valence-corrected chi connectivity index (χ2v) is 4.01. The van der Waals surface area contributed by atoms with Crippen LogP contribution in [0.2, 0.25) is 0 Å². The topological polar surface area (TPSA) is 80.0 Å². The number of carbonyl (C=O) groups is 1. The maximum atomic E-state index is 11.0. The van der Waals surface area contributed by atoms with E-state index in [1.165, 1.54) is 6.20 Å². The van der Waals surface area contributed by atoms with Gasteiger partial charge in [-0.1, -0.05) is 0 Å². The Morgan fingerprint density at radius 2 is 2.33 bits per heavy atom. The molecule has 0 aliphatic carbocycles. The van der Waals surface area contributed by atoms with Gasteiger partial charge in [-0.25, -0.2) is 4.79 Å². The molecule has 0 spiro atoms. The highest BCUT2D eigenvalue weighted by atomic mass is 16.4. The van der Waals surface area contributed by atoms with E-state index in [0.29, 0.717) is 12.2 Å². The van der Waals surface area contributed by atoms with E-state index in [1.54, 1.807) is 10.7 Å². The van der Waals surface area contributed by atoms with Crippen LogP contribution in [0.4, 0.5) is 5.69 Å². The second kappa shape index (κ2) is 4.87. The molecule has 2 heterocycles. The van der Waals surface area contributed by atoms with Gasteiger partial charge in [-0.05, 0) is 19.1 Å². The van der Waals surface area contributed by atoms with Crippen molar-refractivity contribution in [3.8, 4) is 0 Å². The van der Waals surface area contributed by atoms with E-state index in [1.807, 2.05) is 26.2 Å². The number of aryl methyl sites for hydroxylation is 2. The zero-order valence-electron chi connectivity index (χ0n) is 10.2. The molecule has 18 heavy (non-hydrogen) atoms. The zero-order valence-corrected chi connectivity index (χ0v) is 10.2. The molecular formula is C12H14N4O2. The first kappa shape index (κ1) is 12.1. The van der Waals surface area contributed by atoms with Crippen LogP contribution < -0.4 is 5.32 Å². The zero-order chi connectivity index (χ0) is 13.1. The van der Waals surface area contributed by atoms with Crippen molar-refractivity contribution in [3.63, 3.8) is 0 Å². The Bertz CT molecular complexity index is 577. The summed E-state index contributed by atoms with van der Waals surface area (Å²) in [4.78, 5) is 15.0. The highest BCUT2D eigenvalue weighted by molar-refractivity contribution is 5.93. The number of carboxylic acid groups (broad SMARTS) is 1. The lowest BCUT2D eigenvalue weighted by atomic mass is 10.2. The van der Waals surface area contributed by atoms with Crippen LogP contribution in [0.1, 0.15) is 21.7 Å². The van der Waals surface area contributed by atoms with Gasteiger partial charge in [-0.15, -0.1) is 0 Å². The maximum Gasteiger partial charge on any atom is 0.339 e. The van der Waals surface area contributed by atoms with Crippen molar-refractivity contribution in [2.75, 3.05) is 5.32 Å². The average Bonchev–Trinajstić information content (AvgIpc) is 2.72. The normalized spacial score (nSPS) is 10.3. The number of nitrogens with one attached hydrogen (secondary N) is 1. The average molecular weight is 246 g/mol. The smallest absolute Gasteiger partial charge is 0.339 e. The predicted octanol–water partition coefficient (Wildman–Crippen LogP) is 1.43. The molecule has 0 atom stereocenters.